The Bertz CT molecular complexity index is 3390. The molecular weight excluding hydrogens is 1050 g/mol. The van der Waals surface area contributed by atoms with E-state index in [9.17, 15) is 19.2 Å². The maximum Gasteiger partial charge on any atom is 0.276 e. The fourth-order valence-electron chi connectivity index (χ4n) is 9.81. The van der Waals surface area contributed by atoms with Gasteiger partial charge in [0.2, 0.25) is 23.7 Å². The summed E-state index contributed by atoms with van der Waals surface area (Å²) in [5.74, 6) is -1.04. The summed E-state index contributed by atoms with van der Waals surface area (Å²) in [6.07, 6.45) is 15.6. The van der Waals surface area contributed by atoms with E-state index in [-0.39, 0.29) is 36.1 Å². The highest BCUT2D eigenvalue weighted by Crippen LogP contribution is 2.33. The topological polar surface area (TPSA) is 253 Å². The molecule has 0 saturated carbocycles. The number of methoxy groups -OCH3 is 1. The van der Waals surface area contributed by atoms with Crippen LogP contribution in [-0.4, -0.2) is 130 Å². The predicted octanol–water partition coefficient (Wildman–Crippen LogP) is 9.68. The molecule has 21 nitrogen and oxygen atoms in total. The van der Waals surface area contributed by atoms with Crippen LogP contribution in [-0.2, 0) is 26.2 Å². The molecule has 4 amide bonds. The lowest BCUT2D eigenvalue weighted by Crippen LogP contribution is -2.46. The highest BCUT2D eigenvalue weighted by molar-refractivity contribution is 6.05. The van der Waals surface area contributed by atoms with Gasteiger partial charge < -0.3 is 39.9 Å². The molecule has 1 fully saturated rings. The molecule has 0 spiro atoms. The Morgan fingerprint density at radius 1 is 0.639 bits per heavy atom. The van der Waals surface area contributed by atoms with E-state index in [4.69, 9.17) is 30.9 Å². The Balaban J connectivity index is 0.000000825. The second-order valence-corrected chi connectivity index (χ2v) is 20.1. The van der Waals surface area contributed by atoms with Crippen LogP contribution < -0.4 is 31.6 Å². The Kier molecular flexibility index (Phi) is 23.9. The molecule has 5 aromatic heterocycles. The number of nitrogens with zero attached hydrogens (tertiary/aromatic N) is 11. The van der Waals surface area contributed by atoms with Gasteiger partial charge in [0.1, 0.15) is 33.9 Å². The standard InChI is InChI=1S/C51H68N14O6.C9H11N.C2H6/c1-7-10-11-12-13-14-15-19-60-23-25-61(26-24-60)20-18-27-71-43-33-37(47(53)67)31-39-45(43)63(51(55-39)57-49(69)41-29-35(5)59-65(41)9-3)22-17-16-21-62-44-38(30-36(46(52)66)32-42(44)70-6)54-50(62)56-48(68)40-28-34(4)58-64(40)8-2;1-4-9-6-5-7(2)8(3)10-9;1-2/h7,16-17,28-33H,1,8-15,18-27H2,2-6H3,(H2,52,66)(H2,53,67)(H,54,56,68)(H,55,57,69);4-6H,1H2,2-3H3;1-2H3/b17-16+;;. The summed E-state index contributed by atoms with van der Waals surface area (Å²) in [5.41, 5.74) is 19.1. The number of nitrogens with one attached hydrogen (secondary N) is 2. The molecule has 1 aliphatic heterocycles. The van der Waals surface area contributed by atoms with E-state index < -0.39 is 23.6 Å². The van der Waals surface area contributed by atoms with Gasteiger partial charge in [-0.3, -0.25) is 44.2 Å². The molecule has 444 valence electrons. The SMILES string of the molecule is C=CCCCCCCCN1CCN(CCCOc2cc(C(N)=O)cc3nc(NC(=O)c4cc(C)nn4CC)n(C/C=C/Cn4c(NC(=O)c5cc(C)nn5CC)nc5cc(C(N)=O)cc(OC)c54)c23)CC1.C=Cc1ccc(C)c(C)n1.CC. The zero-order valence-corrected chi connectivity index (χ0v) is 50.1. The normalized spacial score (nSPS) is 12.6. The molecule has 1 aliphatic rings. The number of anilines is 2. The van der Waals surface area contributed by atoms with Crippen molar-refractivity contribution in [3.05, 3.63) is 131 Å². The van der Waals surface area contributed by atoms with Crippen LogP contribution in [0.5, 0.6) is 11.5 Å². The molecule has 83 heavy (non-hydrogen) atoms. The fraction of sp³-hybridized carbons (Fsp3) is 0.435. The molecule has 8 rings (SSSR count). The van der Waals surface area contributed by atoms with Crippen molar-refractivity contribution in [3.63, 3.8) is 0 Å². The lowest BCUT2D eigenvalue weighted by atomic mass is 10.1. The van der Waals surface area contributed by atoms with E-state index in [0.29, 0.717) is 76.0 Å². The van der Waals surface area contributed by atoms with Gasteiger partial charge in [-0.2, -0.15) is 10.2 Å². The lowest BCUT2D eigenvalue weighted by Gasteiger charge is -2.34. The van der Waals surface area contributed by atoms with Gasteiger partial charge in [0, 0.05) is 75.7 Å². The van der Waals surface area contributed by atoms with Gasteiger partial charge in [0.15, 0.2) is 0 Å². The summed E-state index contributed by atoms with van der Waals surface area (Å²) in [6.45, 7) is 30.7. The zero-order valence-electron chi connectivity index (χ0n) is 50.1. The number of rotatable bonds is 27. The van der Waals surface area contributed by atoms with Crippen molar-refractivity contribution in [1.82, 2.24) is 53.4 Å². The Hall–Kier alpha value is -8.43. The quantitative estimate of drug-likeness (QED) is 0.0277. The van der Waals surface area contributed by atoms with Gasteiger partial charge in [0.25, 0.3) is 11.8 Å². The Morgan fingerprint density at radius 2 is 1.12 bits per heavy atom. The molecule has 6 N–H and O–H groups in total. The van der Waals surface area contributed by atoms with Crippen LogP contribution in [0.4, 0.5) is 11.9 Å². The van der Waals surface area contributed by atoms with Gasteiger partial charge in [-0.05, 0) is 128 Å². The van der Waals surface area contributed by atoms with Gasteiger partial charge in [-0.1, -0.05) is 64.0 Å². The maximum atomic E-state index is 13.9. The number of aryl methyl sites for hydroxylation is 6. The number of ether oxygens (including phenoxy) is 2. The van der Waals surface area contributed by atoms with E-state index in [1.54, 1.807) is 50.3 Å². The average molecular weight is 1140 g/mol. The molecule has 21 heteroatoms. The average Bonchev–Trinajstić information content (AvgIpc) is 3.09. The van der Waals surface area contributed by atoms with Crippen LogP contribution in [0.2, 0.25) is 0 Å². The molecular formula is C62H85N15O6. The molecule has 0 aliphatic carbocycles. The van der Waals surface area contributed by atoms with E-state index in [1.165, 1.54) is 50.8 Å². The number of fused-ring (bicyclic) bond motifs is 2. The number of amides is 4. The van der Waals surface area contributed by atoms with Crippen molar-refractivity contribution in [2.75, 3.05) is 63.6 Å². The third-order valence-corrected chi connectivity index (χ3v) is 14.3. The summed E-state index contributed by atoms with van der Waals surface area (Å²) >= 11 is 0. The largest absolute Gasteiger partial charge is 0.494 e. The summed E-state index contributed by atoms with van der Waals surface area (Å²) in [5, 5.41) is 14.8. The summed E-state index contributed by atoms with van der Waals surface area (Å²) in [4.78, 5) is 71.6. The number of piperazine rings is 1. The highest BCUT2D eigenvalue weighted by atomic mass is 16.5. The number of aromatic nitrogens is 9. The molecule has 0 unspecified atom stereocenters. The third-order valence-electron chi connectivity index (χ3n) is 14.3. The lowest BCUT2D eigenvalue weighted by molar-refractivity contribution is 0.0991. The van der Waals surface area contributed by atoms with Crippen LogP contribution in [0, 0.1) is 27.7 Å². The van der Waals surface area contributed by atoms with E-state index in [1.807, 2.05) is 77.3 Å². The zero-order chi connectivity index (χ0) is 60.2. The number of carbonyl (C=O) groups excluding carboxylic acids is 4. The molecule has 2 aromatic carbocycles. The van der Waals surface area contributed by atoms with Crippen molar-refractivity contribution in [2.24, 2.45) is 11.5 Å². The number of unbranched alkanes of at least 4 members (excludes halogenated alkanes) is 5. The summed E-state index contributed by atoms with van der Waals surface area (Å²) < 4.78 is 19.0. The first-order valence-corrected chi connectivity index (χ1v) is 28.9. The number of benzene rings is 2. The number of nitrogens with two attached hydrogens (primary N) is 2. The molecule has 0 bridgehead atoms. The maximum absolute atomic E-state index is 13.9. The highest BCUT2D eigenvalue weighted by Gasteiger charge is 2.24. The number of primary amides is 2. The minimum absolute atomic E-state index is 0.174. The van der Waals surface area contributed by atoms with Crippen LogP contribution in [0.25, 0.3) is 28.1 Å². The van der Waals surface area contributed by atoms with Gasteiger partial charge in [-0.25, -0.2) is 9.97 Å². The smallest absolute Gasteiger partial charge is 0.276 e. The first-order chi connectivity index (χ1) is 40.0. The van der Waals surface area contributed by atoms with Crippen LogP contribution >= 0.6 is 0 Å². The minimum Gasteiger partial charge on any atom is -0.494 e. The van der Waals surface area contributed by atoms with Crippen molar-refractivity contribution >= 4 is 63.7 Å². The first-order valence-electron chi connectivity index (χ1n) is 28.9. The number of imidazole rings is 2. The van der Waals surface area contributed by atoms with Crippen molar-refractivity contribution in [2.45, 2.75) is 127 Å². The molecule has 0 atom stereocenters. The molecule has 1 saturated heterocycles. The molecule has 6 heterocycles. The molecule has 7 aromatic rings. The van der Waals surface area contributed by atoms with Crippen LogP contribution in [0.3, 0.4) is 0 Å². The number of pyridine rings is 1. The van der Waals surface area contributed by atoms with Gasteiger partial charge >= 0.3 is 0 Å². The van der Waals surface area contributed by atoms with Crippen molar-refractivity contribution in [1.29, 1.82) is 0 Å². The minimum atomic E-state index is -0.663. The molecule has 0 radical (unpaired) electrons. The van der Waals surface area contributed by atoms with Crippen molar-refractivity contribution in [3.8, 4) is 11.5 Å². The van der Waals surface area contributed by atoms with Gasteiger partial charge in [-0.15, -0.1) is 6.58 Å². The second-order valence-electron chi connectivity index (χ2n) is 20.1. The monoisotopic (exact) mass is 1140 g/mol. The fourth-order valence-corrected chi connectivity index (χ4v) is 9.81. The van der Waals surface area contributed by atoms with Crippen LogP contribution in [0.15, 0.2) is 79.9 Å². The number of hydrogen-bond donors (Lipinski definition) is 4. The van der Waals surface area contributed by atoms with E-state index in [0.717, 1.165) is 63.5 Å². The first kappa shape index (κ1) is 63.7. The summed E-state index contributed by atoms with van der Waals surface area (Å²) in [6, 6.07) is 13.7. The Labute approximate surface area is 487 Å². The number of allylic oxidation sites excluding steroid dienone is 3. The van der Waals surface area contributed by atoms with Crippen LogP contribution in [0.1, 0.15) is 143 Å². The Morgan fingerprint density at radius 3 is 1.59 bits per heavy atom. The number of hydrogen-bond acceptors (Lipinski definition) is 13. The van der Waals surface area contributed by atoms with E-state index in [2.05, 4.69) is 61.8 Å². The van der Waals surface area contributed by atoms with Crippen molar-refractivity contribution < 1.29 is 28.7 Å². The second kappa shape index (κ2) is 31.1. The third kappa shape index (κ3) is 16.8. The number of carbonyl (C=O) groups is 4. The summed E-state index contributed by atoms with van der Waals surface area (Å²) in [7, 11) is 1.48. The predicted molar refractivity (Wildman–Crippen MR) is 329 cm³/mol. The van der Waals surface area contributed by atoms with Gasteiger partial charge in [0.05, 0.1) is 41.8 Å². The van der Waals surface area contributed by atoms with E-state index >= 15 is 0 Å².